The van der Waals surface area contributed by atoms with E-state index < -0.39 is 0 Å². The molecule has 1 fully saturated rings. The van der Waals surface area contributed by atoms with Crippen LogP contribution in [0.15, 0.2) is 18.2 Å². The third kappa shape index (κ3) is 3.86. The van der Waals surface area contributed by atoms with Gasteiger partial charge in [0, 0.05) is 24.7 Å². The van der Waals surface area contributed by atoms with Gasteiger partial charge in [0.05, 0.1) is 0 Å². The predicted molar refractivity (Wildman–Crippen MR) is 94.7 cm³/mol. The van der Waals surface area contributed by atoms with E-state index in [9.17, 15) is 4.79 Å². The lowest BCUT2D eigenvalue weighted by Gasteiger charge is -2.34. The minimum atomic E-state index is -0.109. The molecule has 2 aliphatic rings. The van der Waals surface area contributed by atoms with E-state index in [1.54, 1.807) is 0 Å². The van der Waals surface area contributed by atoms with Crippen LogP contribution in [-0.4, -0.2) is 42.5 Å². The van der Waals surface area contributed by atoms with Crippen molar-refractivity contribution in [3.63, 3.8) is 0 Å². The molecule has 4 heteroatoms. The Bertz CT molecular complexity index is 562. The summed E-state index contributed by atoms with van der Waals surface area (Å²) in [5, 5.41) is 6.52. The Balaban J connectivity index is 1.44. The van der Waals surface area contributed by atoms with Gasteiger partial charge in [-0.3, -0.25) is 4.79 Å². The van der Waals surface area contributed by atoms with Gasteiger partial charge in [0.1, 0.15) is 6.04 Å². The Hall–Kier alpha value is -1.55. The zero-order chi connectivity index (χ0) is 16.4. The van der Waals surface area contributed by atoms with Gasteiger partial charge in [-0.1, -0.05) is 17.7 Å². The molecule has 0 aliphatic carbocycles. The van der Waals surface area contributed by atoms with Crippen molar-refractivity contribution in [2.75, 3.05) is 25.0 Å². The maximum Gasteiger partial charge on any atom is 0.242 e. The number of rotatable bonds is 4. The first kappa shape index (κ1) is 16.3. The van der Waals surface area contributed by atoms with Gasteiger partial charge in [-0.05, 0) is 64.3 Å². The minimum Gasteiger partial charge on any atom is -0.373 e. The molecule has 1 atom stereocenters. The Morgan fingerprint density at radius 1 is 1.35 bits per heavy atom. The van der Waals surface area contributed by atoms with Gasteiger partial charge in [-0.15, -0.1) is 0 Å². The van der Waals surface area contributed by atoms with Crippen molar-refractivity contribution in [3.8, 4) is 0 Å². The van der Waals surface area contributed by atoms with E-state index >= 15 is 0 Å². The first-order valence-electron chi connectivity index (χ1n) is 8.90. The fourth-order valence-electron chi connectivity index (χ4n) is 3.69. The second-order valence-corrected chi connectivity index (χ2v) is 7.38. The largest absolute Gasteiger partial charge is 0.373 e. The molecule has 1 unspecified atom stereocenters. The summed E-state index contributed by atoms with van der Waals surface area (Å²) in [4.78, 5) is 15.0. The smallest absolute Gasteiger partial charge is 0.242 e. The predicted octanol–water partition coefficient (Wildman–Crippen LogP) is 2.57. The number of hydrogen-bond acceptors (Lipinski definition) is 3. The van der Waals surface area contributed by atoms with Crippen molar-refractivity contribution >= 4 is 11.6 Å². The number of carbonyl (C=O) groups excluding carboxylic acids is 1. The zero-order valence-corrected chi connectivity index (χ0v) is 14.6. The van der Waals surface area contributed by atoms with Gasteiger partial charge in [0.15, 0.2) is 0 Å². The molecule has 126 valence electrons. The van der Waals surface area contributed by atoms with E-state index in [1.807, 2.05) is 0 Å². The minimum absolute atomic E-state index is 0.109. The highest BCUT2D eigenvalue weighted by molar-refractivity contribution is 5.87. The van der Waals surface area contributed by atoms with Gasteiger partial charge in [-0.2, -0.15) is 0 Å². The lowest BCUT2D eigenvalue weighted by atomic mass is 9.96. The molecule has 0 bridgehead atoms. The summed E-state index contributed by atoms with van der Waals surface area (Å²) in [6.45, 7) is 9.74. The topological polar surface area (TPSA) is 44.4 Å². The van der Waals surface area contributed by atoms with Gasteiger partial charge in [0.25, 0.3) is 0 Å². The number of benzene rings is 1. The van der Waals surface area contributed by atoms with Gasteiger partial charge >= 0.3 is 0 Å². The van der Waals surface area contributed by atoms with Crippen LogP contribution in [0.25, 0.3) is 0 Å². The summed E-state index contributed by atoms with van der Waals surface area (Å²) < 4.78 is 0. The van der Waals surface area contributed by atoms with E-state index in [0.717, 1.165) is 31.7 Å². The molecule has 1 saturated heterocycles. The van der Waals surface area contributed by atoms with E-state index in [0.29, 0.717) is 12.0 Å². The molecule has 0 aromatic heterocycles. The summed E-state index contributed by atoms with van der Waals surface area (Å²) in [7, 11) is 0. The lowest BCUT2D eigenvalue weighted by Crippen LogP contribution is -2.44. The molecule has 3 rings (SSSR count). The first-order valence-corrected chi connectivity index (χ1v) is 8.90. The highest BCUT2D eigenvalue weighted by Gasteiger charge is 2.27. The van der Waals surface area contributed by atoms with Gasteiger partial charge in [-0.25, -0.2) is 0 Å². The number of nitrogens with zero attached hydrogens (tertiary/aromatic N) is 1. The van der Waals surface area contributed by atoms with E-state index in [4.69, 9.17) is 0 Å². The van der Waals surface area contributed by atoms with Crippen molar-refractivity contribution < 1.29 is 4.79 Å². The molecule has 2 aliphatic heterocycles. The fourth-order valence-corrected chi connectivity index (χ4v) is 3.69. The number of nitrogens with one attached hydrogen (secondary N) is 2. The molecule has 4 nitrogen and oxygen atoms in total. The van der Waals surface area contributed by atoms with E-state index in [1.165, 1.54) is 24.0 Å². The molecule has 1 aromatic carbocycles. The van der Waals surface area contributed by atoms with Crippen LogP contribution >= 0.6 is 0 Å². The van der Waals surface area contributed by atoms with Crippen LogP contribution in [0.2, 0.25) is 0 Å². The first-order chi connectivity index (χ1) is 11.0. The molecule has 23 heavy (non-hydrogen) atoms. The number of piperidine rings is 1. The third-order valence-electron chi connectivity index (χ3n) is 5.28. The Morgan fingerprint density at radius 2 is 2.09 bits per heavy atom. The van der Waals surface area contributed by atoms with Crippen molar-refractivity contribution in [2.45, 2.75) is 52.1 Å². The van der Waals surface area contributed by atoms with Crippen LogP contribution in [0.4, 0.5) is 5.69 Å². The van der Waals surface area contributed by atoms with Crippen molar-refractivity contribution in [2.24, 2.45) is 5.92 Å². The summed E-state index contributed by atoms with van der Waals surface area (Å²) in [5.74, 6) is 0.769. The second kappa shape index (κ2) is 6.91. The Morgan fingerprint density at radius 3 is 2.78 bits per heavy atom. The number of fused-ring (bicyclic) bond motifs is 1. The van der Waals surface area contributed by atoms with Gasteiger partial charge < -0.3 is 15.5 Å². The van der Waals surface area contributed by atoms with Crippen LogP contribution in [0.3, 0.4) is 0 Å². The molecule has 0 saturated carbocycles. The SMILES string of the molecule is Cc1ccc2c(c1)CC(C(=O)NCC1CCN(C(C)C)CC1)N2. The molecule has 2 heterocycles. The standard InChI is InChI=1S/C19H29N3O/c1-13(2)22-8-6-15(7-9-22)12-20-19(23)18-11-16-10-14(3)4-5-17(16)21-18/h4-5,10,13,15,18,21H,6-9,11-12H2,1-3H3,(H,20,23). The number of carbonyl (C=O) groups is 1. The quantitative estimate of drug-likeness (QED) is 0.897. The Kier molecular flexibility index (Phi) is 4.90. The molecule has 1 amide bonds. The maximum atomic E-state index is 12.4. The van der Waals surface area contributed by atoms with Crippen molar-refractivity contribution in [1.82, 2.24) is 10.2 Å². The highest BCUT2D eigenvalue weighted by Crippen LogP contribution is 2.26. The average molecular weight is 315 g/mol. The van der Waals surface area contributed by atoms with Crippen LogP contribution in [0.5, 0.6) is 0 Å². The number of likely N-dealkylation sites (tertiary alicyclic amines) is 1. The molecule has 1 aromatic rings. The van der Waals surface area contributed by atoms with Gasteiger partial charge in [0.2, 0.25) is 5.91 Å². The molecule has 2 N–H and O–H groups in total. The van der Waals surface area contributed by atoms with Crippen LogP contribution in [-0.2, 0) is 11.2 Å². The summed E-state index contributed by atoms with van der Waals surface area (Å²) in [6, 6.07) is 6.88. The summed E-state index contributed by atoms with van der Waals surface area (Å²) in [6.07, 6.45) is 3.18. The highest BCUT2D eigenvalue weighted by atomic mass is 16.2. The van der Waals surface area contributed by atoms with Crippen molar-refractivity contribution in [3.05, 3.63) is 29.3 Å². The fraction of sp³-hybridized carbons (Fsp3) is 0.632. The second-order valence-electron chi connectivity index (χ2n) is 7.38. The molecule has 0 radical (unpaired) electrons. The summed E-state index contributed by atoms with van der Waals surface area (Å²) in [5.41, 5.74) is 3.62. The average Bonchev–Trinajstić information content (AvgIpc) is 2.96. The van der Waals surface area contributed by atoms with E-state index in [-0.39, 0.29) is 11.9 Å². The zero-order valence-electron chi connectivity index (χ0n) is 14.6. The Labute approximate surface area is 139 Å². The normalized spacial score (nSPS) is 22.0. The number of hydrogen-bond donors (Lipinski definition) is 2. The maximum absolute atomic E-state index is 12.4. The number of anilines is 1. The number of aryl methyl sites for hydroxylation is 1. The third-order valence-corrected chi connectivity index (χ3v) is 5.28. The lowest BCUT2D eigenvalue weighted by molar-refractivity contribution is -0.122. The van der Waals surface area contributed by atoms with Crippen LogP contribution in [0.1, 0.15) is 37.8 Å². The molecular weight excluding hydrogens is 286 g/mol. The molecule has 0 spiro atoms. The van der Waals surface area contributed by atoms with E-state index in [2.05, 4.69) is 54.5 Å². The van der Waals surface area contributed by atoms with Crippen LogP contribution in [0, 0.1) is 12.8 Å². The van der Waals surface area contributed by atoms with Crippen LogP contribution < -0.4 is 10.6 Å². The number of amides is 1. The summed E-state index contributed by atoms with van der Waals surface area (Å²) >= 11 is 0. The molecular formula is C19H29N3O. The monoisotopic (exact) mass is 315 g/mol. The van der Waals surface area contributed by atoms with Crippen molar-refractivity contribution in [1.29, 1.82) is 0 Å².